The highest BCUT2D eigenvalue weighted by Crippen LogP contribution is 2.37. The molecule has 0 aliphatic carbocycles. The van der Waals surface area contributed by atoms with Crippen LogP contribution in [0.4, 0.5) is 5.82 Å². The van der Waals surface area contributed by atoms with E-state index in [1.165, 1.54) is 11.3 Å². The highest BCUT2D eigenvalue weighted by Gasteiger charge is 2.25. The molecular formula is C21H24ClN3O3S. The van der Waals surface area contributed by atoms with E-state index in [0.717, 1.165) is 22.3 Å². The van der Waals surface area contributed by atoms with Crippen LogP contribution < -0.4 is 4.90 Å². The number of rotatable bonds is 8. The number of hydrogen-bond acceptors (Lipinski definition) is 7. The van der Waals surface area contributed by atoms with Crippen LogP contribution >= 0.6 is 22.9 Å². The number of aromatic nitrogens is 2. The normalized spacial score (nSPS) is 11.2. The predicted octanol–water partition coefficient (Wildman–Crippen LogP) is 4.87. The first-order chi connectivity index (χ1) is 13.9. The van der Waals surface area contributed by atoms with E-state index in [4.69, 9.17) is 21.1 Å². The minimum Gasteiger partial charge on any atom is -0.459 e. The van der Waals surface area contributed by atoms with Gasteiger partial charge in [0.05, 0.1) is 12.0 Å². The van der Waals surface area contributed by atoms with Crippen molar-refractivity contribution >= 4 is 44.9 Å². The van der Waals surface area contributed by atoms with Gasteiger partial charge in [0.25, 0.3) is 0 Å². The van der Waals surface area contributed by atoms with Crippen molar-refractivity contribution in [3.05, 3.63) is 51.6 Å². The third-order valence-electron chi connectivity index (χ3n) is 4.54. The SMILES string of the molecule is COCCOC(=O)c1sc2nc(Cl)nc(N(Cc3ccccc3)C(C)C)c2c1C. The van der Waals surface area contributed by atoms with Crippen molar-refractivity contribution in [3.63, 3.8) is 0 Å². The Morgan fingerprint density at radius 3 is 2.59 bits per heavy atom. The number of hydrogen-bond donors (Lipinski definition) is 0. The second-order valence-corrected chi connectivity index (χ2v) is 8.23. The maximum atomic E-state index is 12.5. The number of carbonyl (C=O) groups excluding carboxylic acids is 1. The number of thiophene rings is 1. The van der Waals surface area contributed by atoms with Crippen molar-refractivity contribution in [1.29, 1.82) is 0 Å². The van der Waals surface area contributed by atoms with Crippen molar-refractivity contribution < 1.29 is 14.3 Å². The predicted molar refractivity (Wildman–Crippen MR) is 117 cm³/mol. The van der Waals surface area contributed by atoms with E-state index in [9.17, 15) is 4.79 Å². The van der Waals surface area contributed by atoms with Crippen LogP contribution in [0, 0.1) is 6.92 Å². The molecule has 3 rings (SSSR count). The molecule has 154 valence electrons. The molecule has 29 heavy (non-hydrogen) atoms. The van der Waals surface area contributed by atoms with Gasteiger partial charge in [-0.2, -0.15) is 4.98 Å². The summed E-state index contributed by atoms with van der Waals surface area (Å²) in [5.41, 5.74) is 1.97. The monoisotopic (exact) mass is 433 g/mol. The molecule has 0 amide bonds. The Labute approximate surface area is 179 Å². The number of esters is 1. The molecule has 0 atom stereocenters. The molecule has 8 heteroatoms. The Morgan fingerprint density at radius 2 is 1.93 bits per heavy atom. The fraction of sp³-hybridized carbons (Fsp3) is 0.381. The molecule has 0 N–H and O–H groups in total. The zero-order chi connectivity index (χ0) is 21.0. The van der Waals surface area contributed by atoms with Gasteiger partial charge in [0.15, 0.2) is 0 Å². The first-order valence-electron chi connectivity index (χ1n) is 9.35. The molecule has 0 radical (unpaired) electrons. The molecule has 0 spiro atoms. The quantitative estimate of drug-likeness (QED) is 0.287. The number of aryl methyl sites for hydroxylation is 1. The Kier molecular flexibility index (Phi) is 7.05. The first-order valence-corrected chi connectivity index (χ1v) is 10.5. The topological polar surface area (TPSA) is 64.5 Å². The average molecular weight is 434 g/mol. The Bertz CT molecular complexity index is 992. The summed E-state index contributed by atoms with van der Waals surface area (Å²) in [6.45, 7) is 7.33. The first kappa shape index (κ1) is 21.5. The van der Waals surface area contributed by atoms with E-state index < -0.39 is 0 Å². The van der Waals surface area contributed by atoms with Crippen molar-refractivity contribution in [1.82, 2.24) is 9.97 Å². The molecule has 0 saturated heterocycles. The summed E-state index contributed by atoms with van der Waals surface area (Å²) in [6.07, 6.45) is 0. The van der Waals surface area contributed by atoms with Crippen LogP contribution in [-0.4, -0.2) is 42.3 Å². The lowest BCUT2D eigenvalue weighted by Gasteiger charge is -2.29. The molecule has 2 heterocycles. The molecule has 0 aliphatic heterocycles. The molecule has 2 aromatic heterocycles. The molecular weight excluding hydrogens is 410 g/mol. The van der Waals surface area contributed by atoms with Crippen molar-refractivity contribution in [2.24, 2.45) is 0 Å². The smallest absolute Gasteiger partial charge is 0.348 e. The Balaban J connectivity index is 2.05. The van der Waals surface area contributed by atoms with Crippen LogP contribution in [0.1, 0.15) is 34.6 Å². The minimum atomic E-state index is -0.385. The lowest BCUT2D eigenvalue weighted by atomic mass is 10.1. The van der Waals surface area contributed by atoms with Gasteiger partial charge in [0.2, 0.25) is 5.28 Å². The zero-order valence-electron chi connectivity index (χ0n) is 16.9. The summed E-state index contributed by atoms with van der Waals surface area (Å²) < 4.78 is 10.3. The highest BCUT2D eigenvalue weighted by molar-refractivity contribution is 7.20. The minimum absolute atomic E-state index is 0.159. The summed E-state index contributed by atoms with van der Waals surface area (Å²) in [5.74, 6) is 0.340. The van der Waals surface area contributed by atoms with E-state index in [0.29, 0.717) is 22.9 Å². The number of carbonyl (C=O) groups is 1. The number of halogens is 1. The van der Waals surface area contributed by atoms with Crippen LogP contribution in [0.15, 0.2) is 30.3 Å². The third-order valence-corrected chi connectivity index (χ3v) is 5.88. The number of anilines is 1. The van der Waals surface area contributed by atoms with E-state index in [1.54, 1.807) is 7.11 Å². The molecule has 6 nitrogen and oxygen atoms in total. The van der Waals surface area contributed by atoms with Gasteiger partial charge >= 0.3 is 5.97 Å². The van der Waals surface area contributed by atoms with E-state index in [1.807, 2.05) is 25.1 Å². The van der Waals surface area contributed by atoms with Gasteiger partial charge in [-0.25, -0.2) is 9.78 Å². The molecule has 0 fully saturated rings. The number of ether oxygens (including phenoxy) is 2. The van der Waals surface area contributed by atoms with Crippen LogP contribution in [0.2, 0.25) is 5.28 Å². The fourth-order valence-corrected chi connectivity index (χ4v) is 4.34. The molecule has 0 saturated carbocycles. The lowest BCUT2D eigenvalue weighted by molar-refractivity contribution is 0.0393. The molecule has 3 aromatic rings. The van der Waals surface area contributed by atoms with E-state index >= 15 is 0 Å². The Morgan fingerprint density at radius 1 is 1.21 bits per heavy atom. The van der Waals surface area contributed by atoms with Gasteiger partial charge in [0, 0.05) is 19.7 Å². The maximum Gasteiger partial charge on any atom is 0.348 e. The zero-order valence-corrected chi connectivity index (χ0v) is 18.5. The van der Waals surface area contributed by atoms with Gasteiger partial charge in [-0.15, -0.1) is 11.3 Å². The van der Waals surface area contributed by atoms with E-state index in [2.05, 4.69) is 40.8 Å². The van der Waals surface area contributed by atoms with Crippen LogP contribution in [0.3, 0.4) is 0 Å². The van der Waals surface area contributed by atoms with Crippen molar-refractivity contribution in [2.45, 2.75) is 33.4 Å². The summed E-state index contributed by atoms with van der Waals surface area (Å²) in [6, 6.07) is 10.3. The third kappa shape index (κ3) is 4.86. The largest absolute Gasteiger partial charge is 0.459 e. The van der Waals surface area contributed by atoms with Gasteiger partial charge in [-0.05, 0) is 43.5 Å². The van der Waals surface area contributed by atoms with Crippen LogP contribution in [0.25, 0.3) is 10.2 Å². The van der Waals surface area contributed by atoms with Crippen LogP contribution in [0.5, 0.6) is 0 Å². The number of methoxy groups -OCH3 is 1. The van der Waals surface area contributed by atoms with Crippen molar-refractivity contribution in [2.75, 3.05) is 25.2 Å². The summed E-state index contributed by atoms with van der Waals surface area (Å²) in [4.78, 5) is 24.8. The number of fused-ring (bicyclic) bond motifs is 1. The van der Waals surface area contributed by atoms with Crippen LogP contribution in [-0.2, 0) is 16.0 Å². The standard InChI is InChI=1S/C21H24ClN3O3S/c1-13(2)25(12-15-8-6-5-7-9-15)18-16-14(3)17(20(26)28-11-10-27-4)29-19(16)24-21(22)23-18/h5-9,13H,10-12H2,1-4H3. The molecule has 0 aliphatic rings. The molecule has 0 bridgehead atoms. The molecule has 1 aromatic carbocycles. The second kappa shape index (κ2) is 9.52. The van der Waals surface area contributed by atoms with Gasteiger partial charge < -0.3 is 14.4 Å². The highest BCUT2D eigenvalue weighted by atomic mass is 35.5. The van der Waals surface area contributed by atoms with Gasteiger partial charge in [0.1, 0.15) is 22.1 Å². The summed E-state index contributed by atoms with van der Waals surface area (Å²) >= 11 is 7.52. The van der Waals surface area contributed by atoms with Gasteiger partial charge in [-0.1, -0.05) is 30.3 Å². The van der Waals surface area contributed by atoms with Crippen molar-refractivity contribution in [3.8, 4) is 0 Å². The maximum absolute atomic E-state index is 12.5. The second-order valence-electron chi connectivity index (χ2n) is 6.89. The average Bonchev–Trinajstić information content (AvgIpc) is 3.02. The summed E-state index contributed by atoms with van der Waals surface area (Å²) in [7, 11) is 1.57. The molecule has 0 unspecified atom stereocenters. The Hall–Kier alpha value is -2.22. The fourth-order valence-electron chi connectivity index (χ4n) is 3.06. The van der Waals surface area contributed by atoms with E-state index in [-0.39, 0.29) is 23.9 Å². The lowest BCUT2D eigenvalue weighted by Crippen LogP contribution is -2.31. The van der Waals surface area contributed by atoms with Gasteiger partial charge in [-0.3, -0.25) is 0 Å². The number of benzene rings is 1. The number of nitrogens with zero attached hydrogens (tertiary/aromatic N) is 3. The summed E-state index contributed by atoms with van der Waals surface area (Å²) in [5, 5.41) is 0.995.